The van der Waals surface area contributed by atoms with Gasteiger partial charge in [-0.05, 0) is 37.3 Å². The minimum atomic E-state index is -0.508. The van der Waals surface area contributed by atoms with E-state index in [1.165, 1.54) is 0 Å². The molecule has 0 radical (unpaired) electrons. The summed E-state index contributed by atoms with van der Waals surface area (Å²) in [6.45, 7) is 2.06. The van der Waals surface area contributed by atoms with Crippen molar-refractivity contribution in [2.45, 2.75) is 6.92 Å². The summed E-state index contributed by atoms with van der Waals surface area (Å²) in [5.41, 5.74) is 2.23. The lowest BCUT2D eigenvalue weighted by atomic mass is 10.2. The lowest BCUT2D eigenvalue weighted by Crippen LogP contribution is -2.14. The zero-order valence-electron chi connectivity index (χ0n) is 11.0. The van der Waals surface area contributed by atoms with Gasteiger partial charge in [-0.1, -0.05) is 29.8 Å². The molecule has 104 valence electrons. The first kappa shape index (κ1) is 14.2. The third kappa shape index (κ3) is 3.90. The Morgan fingerprint density at radius 2 is 1.90 bits per heavy atom. The Balaban J connectivity index is 2.21. The summed E-state index contributed by atoms with van der Waals surface area (Å²) in [6.07, 6.45) is -0.508. The zero-order valence-corrected chi connectivity index (χ0v) is 11.8. The number of ether oxygens (including phenoxy) is 1. The number of amides is 1. The van der Waals surface area contributed by atoms with Gasteiger partial charge in [-0.3, -0.25) is 5.32 Å². The Bertz CT molecular complexity index is 588. The largest absolute Gasteiger partial charge is 0.450 e. The molecule has 0 saturated heterocycles. The number of halogens is 1. The molecule has 20 heavy (non-hydrogen) atoms. The van der Waals surface area contributed by atoms with Gasteiger partial charge in [-0.25, -0.2) is 4.79 Å². The average Bonchev–Trinajstić information content (AvgIpc) is 2.43. The van der Waals surface area contributed by atoms with E-state index in [4.69, 9.17) is 16.3 Å². The molecular formula is C15H15ClN2O2. The van der Waals surface area contributed by atoms with Crippen LogP contribution in [0.3, 0.4) is 0 Å². The molecule has 0 atom stereocenters. The Hall–Kier alpha value is -2.20. The molecular weight excluding hydrogens is 276 g/mol. The summed E-state index contributed by atoms with van der Waals surface area (Å²) in [6, 6.07) is 14.9. The Morgan fingerprint density at radius 3 is 2.60 bits per heavy atom. The molecule has 2 aromatic rings. The predicted octanol–water partition coefficient (Wildman–Crippen LogP) is 4.65. The summed E-state index contributed by atoms with van der Waals surface area (Å²) in [5, 5.41) is 6.42. The van der Waals surface area contributed by atoms with E-state index in [9.17, 15) is 4.79 Å². The molecule has 1 amide bonds. The van der Waals surface area contributed by atoms with Crippen LogP contribution in [0.5, 0.6) is 0 Å². The first-order chi connectivity index (χ1) is 9.69. The van der Waals surface area contributed by atoms with Gasteiger partial charge in [0.2, 0.25) is 0 Å². The number of hydrogen-bond donors (Lipinski definition) is 2. The molecule has 2 aromatic carbocycles. The predicted molar refractivity (Wildman–Crippen MR) is 81.8 cm³/mol. The Morgan fingerprint density at radius 1 is 1.15 bits per heavy atom. The highest BCUT2D eigenvalue weighted by Gasteiger charge is 2.08. The lowest BCUT2D eigenvalue weighted by Gasteiger charge is -2.13. The second-order valence-corrected chi connectivity index (χ2v) is 4.46. The van der Waals surface area contributed by atoms with Crippen molar-refractivity contribution >= 4 is 34.8 Å². The van der Waals surface area contributed by atoms with Crippen LogP contribution in [0.1, 0.15) is 6.92 Å². The van der Waals surface area contributed by atoms with E-state index in [0.717, 1.165) is 11.4 Å². The maximum atomic E-state index is 11.5. The molecule has 0 saturated carbocycles. The van der Waals surface area contributed by atoms with Crippen molar-refractivity contribution in [3.63, 3.8) is 0 Å². The van der Waals surface area contributed by atoms with Crippen molar-refractivity contribution in [2.24, 2.45) is 0 Å². The number of para-hydroxylation sites is 1. The van der Waals surface area contributed by atoms with Crippen LogP contribution in [0.15, 0.2) is 48.5 Å². The van der Waals surface area contributed by atoms with Gasteiger partial charge in [0.25, 0.3) is 0 Å². The van der Waals surface area contributed by atoms with Crippen molar-refractivity contribution in [1.82, 2.24) is 0 Å². The van der Waals surface area contributed by atoms with E-state index < -0.39 is 6.09 Å². The van der Waals surface area contributed by atoms with Gasteiger partial charge >= 0.3 is 6.09 Å². The van der Waals surface area contributed by atoms with Crippen molar-refractivity contribution in [3.05, 3.63) is 53.6 Å². The standard InChI is InChI=1S/C15H15ClN2O2/c1-2-20-15(19)18-14-10-11(16)8-9-13(14)17-12-6-4-3-5-7-12/h3-10,17H,2H2,1H3,(H,18,19). The summed E-state index contributed by atoms with van der Waals surface area (Å²) >= 11 is 5.96. The topological polar surface area (TPSA) is 50.4 Å². The van der Waals surface area contributed by atoms with Gasteiger partial charge in [0.05, 0.1) is 18.0 Å². The van der Waals surface area contributed by atoms with Gasteiger partial charge in [0.1, 0.15) is 0 Å². The number of benzene rings is 2. The van der Waals surface area contributed by atoms with Crippen molar-refractivity contribution in [3.8, 4) is 0 Å². The SMILES string of the molecule is CCOC(=O)Nc1cc(Cl)ccc1Nc1ccccc1. The first-order valence-electron chi connectivity index (χ1n) is 6.24. The molecule has 0 aliphatic heterocycles. The Kier molecular flexibility index (Phi) is 4.85. The van der Waals surface area contributed by atoms with E-state index in [-0.39, 0.29) is 0 Å². The van der Waals surface area contributed by atoms with E-state index in [0.29, 0.717) is 17.3 Å². The normalized spacial score (nSPS) is 9.90. The summed E-state index contributed by atoms with van der Waals surface area (Å²) in [5.74, 6) is 0. The van der Waals surface area contributed by atoms with Crippen LogP contribution in [0.4, 0.5) is 21.9 Å². The molecule has 0 aliphatic carbocycles. The highest BCUT2D eigenvalue weighted by Crippen LogP contribution is 2.28. The number of nitrogens with one attached hydrogen (secondary N) is 2. The summed E-state index contributed by atoms with van der Waals surface area (Å²) < 4.78 is 4.87. The van der Waals surface area contributed by atoms with Crippen LogP contribution in [-0.4, -0.2) is 12.7 Å². The quantitative estimate of drug-likeness (QED) is 0.861. The molecule has 0 spiro atoms. The fraction of sp³-hybridized carbons (Fsp3) is 0.133. The molecule has 5 heteroatoms. The average molecular weight is 291 g/mol. The molecule has 2 rings (SSSR count). The maximum Gasteiger partial charge on any atom is 0.411 e. The minimum Gasteiger partial charge on any atom is -0.450 e. The molecule has 0 bridgehead atoms. The number of anilines is 3. The molecule has 0 unspecified atom stereocenters. The van der Waals surface area contributed by atoms with Crippen LogP contribution >= 0.6 is 11.6 Å². The fourth-order valence-corrected chi connectivity index (χ4v) is 1.86. The van der Waals surface area contributed by atoms with Crippen LogP contribution in [0, 0.1) is 0 Å². The fourth-order valence-electron chi connectivity index (χ4n) is 1.68. The molecule has 4 nitrogen and oxygen atoms in total. The van der Waals surface area contributed by atoms with Gasteiger partial charge < -0.3 is 10.1 Å². The summed E-state index contributed by atoms with van der Waals surface area (Å²) in [4.78, 5) is 11.5. The number of hydrogen-bond acceptors (Lipinski definition) is 3. The van der Waals surface area contributed by atoms with Crippen LogP contribution < -0.4 is 10.6 Å². The molecule has 0 heterocycles. The van der Waals surface area contributed by atoms with Gasteiger partial charge in [0, 0.05) is 10.7 Å². The van der Waals surface area contributed by atoms with Crippen molar-refractivity contribution < 1.29 is 9.53 Å². The molecule has 0 fully saturated rings. The molecule has 0 aliphatic rings. The minimum absolute atomic E-state index is 0.313. The first-order valence-corrected chi connectivity index (χ1v) is 6.62. The Labute approximate surface area is 122 Å². The molecule has 0 aromatic heterocycles. The zero-order chi connectivity index (χ0) is 14.4. The van der Waals surface area contributed by atoms with Crippen LogP contribution in [0.2, 0.25) is 5.02 Å². The highest BCUT2D eigenvalue weighted by molar-refractivity contribution is 6.31. The highest BCUT2D eigenvalue weighted by atomic mass is 35.5. The van der Waals surface area contributed by atoms with E-state index in [1.54, 1.807) is 25.1 Å². The molecule has 2 N–H and O–H groups in total. The number of carbonyl (C=O) groups excluding carboxylic acids is 1. The smallest absolute Gasteiger partial charge is 0.411 e. The maximum absolute atomic E-state index is 11.5. The lowest BCUT2D eigenvalue weighted by molar-refractivity contribution is 0.168. The third-order valence-corrected chi connectivity index (χ3v) is 2.78. The number of carbonyl (C=O) groups is 1. The number of rotatable bonds is 4. The third-order valence-electron chi connectivity index (χ3n) is 2.55. The second kappa shape index (κ2) is 6.82. The van der Waals surface area contributed by atoms with Gasteiger partial charge in [-0.15, -0.1) is 0 Å². The van der Waals surface area contributed by atoms with Crippen LogP contribution in [0.25, 0.3) is 0 Å². The van der Waals surface area contributed by atoms with Gasteiger partial charge in [-0.2, -0.15) is 0 Å². The van der Waals surface area contributed by atoms with Crippen molar-refractivity contribution in [2.75, 3.05) is 17.2 Å². The van der Waals surface area contributed by atoms with E-state index >= 15 is 0 Å². The summed E-state index contributed by atoms with van der Waals surface area (Å²) in [7, 11) is 0. The van der Waals surface area contributed by atoms with E-state index in [2.05, 4.69) is 10.6 Å². The second-order valence-electron chi connectivity index (χ2n) is 4.03. The van der Waals surface area contributed by atoms with Crippen LogP contribution in [-0.2, 0) is 4.74 Å². The monoisotopic (exact) mass is 290 g/mol. The van der Waals surface area contributed by atoms with Crippen molar-refractivity contribution in [1.29, 1.82) is 0 Å². The van der Waals surface area contributed by atoms with E-state index in [1.807, 2.05) is 30.3 Å². The van der Waals surface area contributed by atoms with Gasteiger partial charge in [0.15, 0.2) is 0 Å².